The summed E-state index contributed by atoms with van der Waals surface area (Å²) >= 11 is 0. The molecule has 0 aromatic carbocycles. The second-order valence-corrected chi connectivity index (χ2v) is 8.69. The summed E-state index contributed by atoms with van der Waals surface area (Å²) in [6, 6.07) is 5.61. The van der Waals surface area contributed by atoms with Crippen LogP contribution in [0.25, 0.3) is 0 Å². The van der Waals surface area contributed by atoms with Gasteiger partial charge in [0.05, 0.1) is 6.61 Å². The predicted molar refractivity (Wildman–Crippen MR) is 139 cm³/mol. The van der Waals surface area contributed by atoms with Gasteiger partial charge in [0.25, 0.3) is 5.91 Å². The summed E-state index contributed by atoms with van der Waals surface area (Å²) in [5.74, 6) is -0.995. The molecule has 0 aliphatic heterocycles. The van der Waals surface area contributed by atoms with Crippen LogP contribution in [0.4, 0.5) is 0 Å². The number of carboxylic acids is 1. The number of carbonyl (C=O) groups excluding carboxylic acids is 2. The van der Waals surface area contributed by atoms with Gasteiger partial charge in [-0.3, -0.25) is 4.79 Å². The lowest BCUT2D eigenvalue weighted by molar-refractivity contribution is -0.684. The lowest BCUT2D eigenvalue weighted by Gasteiger charge is -2.04. The third-order valence-corrected chi connectivity index (χ3v) is 5.52. The van der Waals surface area contributed by atoms with Crippen LogP contribution in [0.15, 0.2) is 30.6 Å². The summed E-state index contributed by atoms with van der Waals surface area (Å²) in [4.78, 5) is 21.4. The van der Waals surface area contributed by atoms with Gasteiger partial charge in [-0.05, 0) is 12.8 Å². The van der Waals surface area contributed by atoms with Gasteiger partial charge in [-0.1, -0.05) is 103 Å². The summed E-state index contributed by atoms with van der Waals surface area (Å²) in [5, 5.41) is 21.3. The maximum absolute atomic E-state index is 11.1. The van der Waals surface area contributed by atoms with Gasteiger partial charge in [-0.25, -0.2) is 0 Å². The lowest BCUT2D eigenvalue weighted by Crippen LogP contribution is -2.42. The Bertz CT molecular complexity index is 573. The van der Waals surface area contributed by atoms with Crippen molar-refractivity contribution in [2.24, 2.45) is 0 Å². The number of nitrogens with zero attached hydrogens (tertiary/aromatic N) is 1. The molecule has 0 aliphatic rings. The van der Waals surface area contributed by atoms with Crippen LogP contribution >= 0.6 is 12.4 Å². The number of halogens is 1. The average Bonchev–Trinajstić information content (AvgIpc) is 2.81. The van der Waals surface area contributed by atoms with Crippen LogP contribution in [0, 0.1) is 0 Å². The minimum absolute atomic E-state index is 0. The van der Waals surface area contributed by atoms with Crippen LogP contribution in [0.1, 0.15) is 110 Å². The summed E-state index contributed by atoms with van der Waals surface area (Å²) in [6.45, 7) is 2.85. The molecule has 0 saturated heterocycles. The number of nitrogens with one attached hydrogen (secondary N) is 1. The van der Waals surface area contributed by atoms with Crippen LogP contribution in [0.5, 0.6) is 0 Å². The molecule has 1 amide bonds. The fourth-order valence-electron chi connectivity index (χ4n) is 3.60. The lowest BCUT2D eigenvalue weighted by atomic mass is 10.0. The van der Waals surface area contributed by atoms with E-state index in [1.165, 1.54) is 83.5 Å². The number of hydrogen-bond acceptors (Lipinski definition) is 4. The number of aliphatic carboxylic acids is 1. The average molecular weight is 501 g/mol. The molecule has 1 rings (SSSR count). The molecule has 1 aromatic heterocycles. The maximum atomic E-state index is 11.1. The van der Waals surface area contributed by atoms with E-state index in [1.807, 2.05) is 30.6 Å². The zero-order valence-corrected chi connectivity index (χ0v) is 22.2. The van der Waals surface area contributed by atoms with Gasteiger partial charge >= 0.3 is 0 Å². The fraction of sp³-hybridized carbons (Fsp3) is 0.741. The molecule has 0 fully saturated rings. The Hall–Kier alpha value is -1.66. The van der Waals surface area contributed by atoms with Crippen molar-refractivity contribution in [1.29, 1.82) is 0 Å². The second-order valence-electron chi connectivity index (χ2n) is 8.69. The van der Waals surface area contributed by atoms with Crippen molar-refractivity contribution in [3.8, 4) is 0 Å². The van der Waals surface area contributed by atoms with E-state index in [0.717, 1.165) is 12.8 Å². The number of aliphatic hydroxyl groups is 1. The first-order valence-electron chi connectivity index (χ1n) is 13.1. The highest BCUT2D eigenvalue weighted by Gasteiger charge is 2.06. The van der Waals surface area contributed by atoms with Gasteiger partial charge in [0, 0.05) is 24.6 Å². The third kappa shape index (κ3) is 26.6. The number of carboxylic acid groups (broad SMARTS) is 1. The second kappa shape index (κ2) is 27.6. The van der Waals surface area contributed by atoms with Crippen molar-refractivity contribution in [1.82, 2.24) is 5.32 Å². The Morgan fingerprint density at radius 2 is 1.21 bits per heavy atom. The minimum Gasteiger partial charge on any atom is -0.550 e. The Balaban J connectivity index is 0. The Morgan fingerprint density at radius 3 is 1.62 bits per heavy atom. The fourth-order valence-corrected chi connectivity index (χ4v) is 3.60. The summed E-state index contributed by atoms with van der Waals surface area (Å²) < 4.78 is 1.77. The molecule has 1 heterocycles. The Labute approximate surface area is 214 Å². The van der Waals surface area contributed by atoms with Gasteiger partial charge < -0.3 is 20.3 Å². The van der Waals surface area contributed by atoms with Gasteiger partial charge in [-0.15, -0.1) is 12.4 Å². The number of aliphatic hydroxyl groups excluding tert-OH is 1. The van der Waals surface area contributed by atoms with Gasteiger partial charge in [-0.2, -0.15) is 4.57 Å². The number of hydrogen-bond donors (Lipinski definition) is 2. The van der Waals surface area contributed by atoms with Gasteiger partial charge in [0.2, 0.25) is 6.54 Å². The quantitative estimate of drug-likeness (QED) is 0.203. The molecule has 0 spiro atoms. The van der Waals surface area contributed by atoms with Crippen LogP contribution in [0.2, 0.25) is 0 Å². The molecule has 0 bridgehead atoms. The molecule has 34 heavy (non-hydrogen) atoms. The Kier molecular flexibility index (Phi) is 28.0. The standard InChI is InChI=1S/C18H36O2.C9H12N2O2.ClH/c1-2-3-4-5-6-7-8-9-10-11-12-13-14-15-16-17-18(19)20;12-7-4-10-9(13)8-11-5-2-1-3-6-11;/h2-17H2,1H3,(H,19,20);1-3,5-6,12H,4,7-8H2;1H. The first-order chi connectivity index (χ1) is 16.1. The van der Waals surface area contributed by atoms with Gasteiger partial charge in [0.1, 0.15) is 0 Å². The molecular weight excluding hydrogens is 452 g/mol. The van der Waals surface area contributed by atoms with E-state index < -0.39 is 5.97 Å². The molecule has 0 aliphatic carbocycles. The predicted octanol–water partition coefficient (Wildman–Crippen LogP) is 4.50. The molecule has 0 atom stereocenters. The van der Waals surface area contributed by atoms with E-state index in [-0.39, 0.29) is 31.3 Å². The first kappa shape index (κ1) is 34.5. The molecule has 0 radical (unpaired) electrons. The van der Waals surface area contributed by atoms with Crippen molar-refractivity contribution in [2.45, 2.75) is 116 Å². The first-order valence-corrected chi connectivity index (χ1v) is 13.1. The van der Waals surface area contributed by atoms with Crippen LogP contribution in [-0.4, -0.2) is 30.1 Å². The Morgan fingerprint density at radius 1 is 0.765 bits per heavy atom. The maximum Gasteiger partial charge on any atom is 0.286 e. The molecule has 198 valence electrons. The number of aromatic nitrogens is 1. The summed E-state index contributed by atoms with van der Waals surface area (Å²) in [6.07, 6.45) is 23.5. The molecule has 0 unspecified atom stereocenters. The third-order valence-electron chi connectivity index (χ3n) is 5.52. The van der Waals surface area contributed by atoms with Crippen molar-refractivity contribution in [3.63, 3.8) is 0 Å². The smallest absolute Gasteiger partial charge is 0.286 e. The molecule has 1 aromatic rings. The highest BCUT2D eigenvalue weighted by Crippen LogP contribution is 2.13. The van der Waals surface area contributed by atoms with E-state index in [4.69, 9.17) is 5.11 Å². The van der Waals surface area contributed by atoms with E-state index in [0.29, 0.717) is 13.1 Å². The normalized spacial score (nSPS) is 10.1. The van der Waals surface area contributed by atoms with E-state index in [1.54, 1.807) is 4.57 Å². The number of pyridine rings is 1. The SMILES string of the molecule is CCCCCCCCCCCCCCCCCC(=O)[O-].Cl.O=C(C[n+]1ccccc1)NCCO. The monoisotopic (exact) mass is 500 g/mol. The minimum atomic E-state index is -0.903. The molecule has 6 nitrogen and oxygen atoms in total. The highest BCUT2D eigenvalue weighted by atomic mass is 35.5. The zero-order valence-electron chi connectivity index (χ0n) is 21.3. The number of unbranched alkanes of at least 4 members (excludes halogenated alkanes) is 14. The number of amides is 1. The number of carbonyl (C=O) groups is 2. The summed E-state index contributed by atoms with van der Waals surface area (Å²) in [5.41, 5.74) is 0. The van der Waals surface area contributed by atoms with Crippen molar-refractivity contribution in [3.05, 3.63) is 30.6 Å². The van der Waals surface area contributed by atoms with E-state index in [9.17, 15) is 14.7 Å². The highest BCUT2D eigenvalue weighted by molar-refractivity contribution is 5.85. The largest absolute Gasteiger partial charge is 0.550 e. The molecular formula is C27H49ClN2O4. The topological polar surface area (TPSA) is 93.3 Å². The van der Waals surface area contributed by atoms with Crippen molar-refractivity contribution < 1.29 is 24.4 Å². The van der Waals surface area contributed by atoms with Crippen LogP contribution < -0.4 is 15.0 Å². The van der Waals surface area contributed by atoms with E-state index in [2.05, 4.69) is 12.2 Å². The van der Waals surface area contributed by atoms with Crippen LogP contribution in [0.3, 0.4) is 0 Å². The van der Waals surface area contributed by atoms with Crippen LogP contribution in [-0.2, 0) is 16.1 Å². The van der Waals surface area contributed by atoms with E-state index >= 15 is 0 Å². The summed E-state index contributed by atoms with van der Waals surface area (Å²) in [7, 11) is 0. The molecule has 7 heteroatoms. The van der Waals surface area contributed by atoms with Crippen molar-refractivity contribution in [2.75, 3.05) is 13.2 Å². The molecule has 2 N–H and O–H groups in total. The van der Waals surface area contributed by atoms with Gasteiger partial charge in [0.15, 0.2) is 12.4 Å². The zero-order chi connectivity index (χ0) is 24.4. The number of rotatable bonds is 20. The molecule has 0 saturated carbocycles. The van der Waals surface area contributed by atoms with Crippen molar-refractivity contribution >= 4 is 24.3 Å².